The van der Waals surface area contributed by atoms with Crippen molar-refractivity contribution in [1.29, 1.82) is 5.26 Å². The van der Waals surface area contributed by atoms with Crippen LogP contribution in [0.25, 0.3) is 11.0 Å². The number of nitriles is 1. The number of piperidine rings is 1. The summed E-state index contributed by atoms with van der Waals surface area (Å²) in [6.45, 7) is 9.53. The van der Waals surface area contributed by atoms with Crippen LogP contribution < -0.4 is 20.9 Å². The Morgan fingerprint density at radius 2 is 1.77 bits per heavy atom. The van der Waals surface area contributed by atoms with E-state index in [9.17, 15) is 19.2 Å². The van der Waals surface area contributed by atoms with Gasteiger partial charge in [0.1, 0.15) is 24.2 Å². The first-order valence-corrected chi connectivity index (χ1v) is 15.7. The van der Waals surface area contributed by atoms with E-state index in [2.05, 4.69) is 32.8 Å². The van der Waals surface area contributed by atoms with Crippen molar-refractivity contribution in [2.75, 3.05) is 43.4 Å². The van der Waals surface area contributed by atoms with Crippen LogP contribution in [0.15, 0.2) is 42.9 Å². The first kappa shape index (κ1) is 34.7. The lowest BCUT2D eigenvalue weighted by atomic mass is 9.92. The van der Waals surface area contributed by atoms with E-state index in [-0.39, 0.29) is 30.2 Å². The molecule has 1 aliphatic heterocycles. The van der Waals surface area contributed by atoms with Gasteiger partial charge in [0.05, 0.1) is 17.5 Å². The van der Waals surface area contributed by atoms with Crippen molar-refractivity contribution in [2.45, 2.75) is 65.0 Å². The van der Waals surface area contributed by atoms with Gasteiger partial charge < -0.3 is 30.5 Å². The van der Waals surface area contributed by atoms with E-state index in [1.165, 1.54) is 10.9 Å². The molecule has 1 saturated heterocycles. The zero-order valence-electron chi connectivity index (χ0n) is 27.6. The minimum atomic E-state index is -0.550. The number of fused-ring (bicyclic) bond motifs is 1. The van der Waals surface area contributed by atoms with Gasteiger partial charge in [-0.3, -0.25) is 14.2 Å². The maximum absolute atomic E-state index is 13.3. The van der Waals surface area contributed by atoms with E-state index >= 15 is 0 Å². The molecule has 0 bridgehead atoms. The summed E-state index contributed by atoms with van der Waals surface area (Å²) in [5.74, 6) is 0.503. The van der Waals surface area contributed by atoms with E-state index in [1.54, 1.807) is 62.2 Å². The van der Waals surface area contributed by atoms with Crippen molar-refractivity contribution >= 4 is 46.5 Å². The molecule has 4 rings (SSSR count). The predicted molar refractivity (Wildman–Crippen MR) is 177 cm³/mol. The lowest BCUT2D eigenvalue weighted by Crippen LogP contribution is -2.52. The summed E-state index contributed by atoms with van der Waals surface area (Å²) in [4.78, 5) is 62.5. The monoisotopic (exact) mass is 645 g/mol. The molecule has 4 amide bonds. The standard InChI is InChI=1S/C33H43N9O5/c1-22-13-18-41(27(43)12-15-34)20-26(22)40(5)28-25-14-19-42(29(25)38-21-37-28)31(45)39-24-10-8-23(9-11-24)30(44)35-16-6-7-17-36-32(46)47-33(2,3)4/h8-11,14,19,21-22,26H,6-7,12-13,16-18,20H2,1-5H3,(H,35,44)(H,36,46)(H,39,45)/t22-,26?/m1/s1. The number of anilines is 2. The number of alkyl carbamates (subject to hydrolysis) is 1. The Labute approximate surface area is 274 Å². The minimum absolute atomic E-state index is 0.0291. The number of likely N-dealkylation sites (tertiary alicyclic amines) is 1. The van der Waals surface area contributed by atoms with Gasteiger partial charge in [-0.2, -0.15) is 5.26 Å². The molecule has 3 aromatic rings. The molecule has 14 heteroatoms. The molecule has 1 aliphatic rings. The molecule has 250 valence electrons. The summed E-state index contributed by atoms with van der Waals surface area (Å²) in [5, 5.41) is 18.0. The third kappa shape index (κ3) is 9.18. The molecule has 1 unspecified atom stereocenters. The number of carbonyl (C=O) groups is 4. The topological polar surface area (TPSA) is 175 Å². The fourth-order valence-corrected chi connectivity index (χ4v) is 5.45. The van der Waals surface area contributed by atoms with Crippen molar-refractivity contribution in [2.24, 2.45) is 5.92 Å². The first-order valence-electron chi connectivity index (χ1n) is 15.7. The zero-order valence-corrected chi connectivity index (χ0v) is 27.6. The Morgan fingerprint density at radius 1 is 1.06 bits per heavy atom. The molecule has 2 aromatic heterocycles. The number of rotatable bonds is 10. The van der Waals surface area contributed by atoms with Crippen molar-refractivity contribution in [3.8, 4) is 6.07 Å². The van der Waals surface area contributed by atoms with Gasteiger partial charge in [0, 0.05) is 50.7 Å². The van der Waals surface area contributed by atoms with Crippen LogP contribution in [0.4, 0.5) is 21.1 Å². The van der Waals surface area contributed by atoms with Gasteiger partial charge in [0.15, 0.2) is 5.65 Å². The summed E-state index contributed by atoms with van der Waals surface area (Å²) in [6, 6.07) is 9.84. The molecule has 0 radical (unpaired) electrons. The molecule has 2 atom stereocenters. The van der Waals surface area contributed by atoms with Gasteiger partial charge in [0.25, 0.3) is 5.91 Å². The van der Waals surface area contributed by atoms with Gasteiger partial charge in [-0.15, -0.1) is 0 Å². The van der Waals surface area contributed by atoms with Crippen LogP contribution in [0.3, 0.4) is 0 Å². The highest BCUT2D eigenvalue weighted by Crippen LogP contribution is 2.30. The SMILES string of the molecule is C[C@@H]1CCN(C(=O)CC#N)CC1N(C)c1ncnc2c1ccn2C(=O)Nc1ccc(C(=O)NCCCCNC(=O)OC(C)(C)C)cc1. The molecule has 0 spiro atoms. The number of amides is 4. The number of unbranched alkanes of at least 4 members (excludes halogenated alkanes) is 1. The quantitative estimate of drug-likeness (QED) is 0.274. The predicted octanol–water partition coefficient (Wildman–Crippen LogP) is 4.13. The Balaban J connectivity index is 1.31. The van der Waals surface area contributed by atoms with Crippen LogP contribution in [0, 0.1) is 17.2 Å². The van der Waals surface area contributed by atoms with E-state index in [1.807, 2.05) is 18.0 Å². The lowest BCUT2D eigenvalue weighted by Gasteiger charge is -2.42. The van der Waals surface area contributed by atoms with Gasteiger partial charge in [-0.25, -0.2) is 19.6 Å². The van der Waals surface area contributed by atoms with Crippen molar-refractivity contribution in [1.82, 2.24) is 30.1 Å². The summed E-state index contributed by atoms with van der Waals surface area (Å²) < 4.78 is 6.60. The molecule has 3 heterocycles. The lowest BCUT2D eigenvalue weighted by molar-refractivity contribution is -0.131. The second-order valence-electron chi connectivity index (χ2n) is 12.6. The molecule has 0 aliphatic carbocycles. The zero-order chi connectivity index (χ0) is 34.1. The summed E-state index contributed by atoms with van der Waals surface area (Å²) in [7, 11) is 1.92. The summed E-state index contributed by atoms with van der Waals surface area (Å²) in [5.41, 5.74) is 0.835. The maximum atomic E-state index is 13.3. The van der Waals surface area contributed by atoms with Crippen LogP contribution in [-0.4, -0.2) is 88.2 Å². The highest BCUT2D eigenvalue weighted by Gasteiger charge is 2.33. The van der Waals surface area contributed by atoms with Crippen molar-refractivity contribution < 1.29 is 23.9 Å². The first-order chi connectivity index (χ1) is 22.4. The summed E-state index contributed by atoms with van der Waals surface area (Å²) >= 11 is 0. The minimum Gasteiger partial charge on any atom is -0.444 e. The number of ether oxygens (including phenoxy) is 1. The van der Waals surface area contributed by atoms with Crippen LogP contribution in [0.5, 0.6) is 0 Å². The molecule has 0 saturated carbocycles. The van der Waals surface area contributed by atoms with Crippen molar-refractivity contribution in [3.05, 3.63) is 48.4 Å². The van der Waals surface area contributed by atoms with Gasteiger partial charge in [-0.1, -0.05) is 6.92 Å². The van der Waals surface area contributed by atoms with Crippen molar-refractivity contribution in [3.63, 3.8) is 0 Å². The third-order valence-corrected chi connectivity index (χ3v) is 7.97. The number of benzene rings is 1. The second-order valence-corrected chi connectivity index (χ2v) is 12.6. The highest BCUT2D eigenvalue weighted by atomic mass is 16.6. The molecule has 1 fully saturated rings. The highest BCUT2D eigenvalue weighted by molar-refractivity contribution is 6.00. The molecule has 14 nitrogen and oxygen atoms in total. The Morgan fingerprint density at radius 3 is 2.45 bits per heavy atom. The number of hydrogen-bond donors (Lipinski definition) is 3. The fourth-order valence-electron chi connectivity index (χ4n) is 5.45. The number of aromatic nitrogens is 3. The number of nitrogens with zero attached hydrogens (tertiary/aromatic N) is 6. The molecule has 47 heavy (non-hydrogen) atoms. The van der Waals surface area contributed by atoms with E-state index < -0.39 is 17.7 Å². The Kier molecular flexibility index (Phi) is 11.4. The van der Waals surface area contributed by atoms with Gasteiger partial charge in [0.2, 0.25) is 5.91 Å². The van der Waals surface area contributed by atoms with Crippen LogP contribution in [0.1, 0.15) is 63.7 Å². The largest absolute Gasteiger partial charge is 0.444 e. The molecular weight excluding hydrogens is 602 g/mol. The summed E-state index contributed by atoms with van der Waals surface area (Å²) in [6.07, 6.45) is 4.60. The van der Waals surface area contributed by atoms with Crippen LogP contribution in [0.2, 0.25) is 0 Å². The van der Waals surface area contributed by atoms with Gasteiger partial charge >= 0.3 is 12.1 Å². The van der Waals surface area contributed by atoms with E-state index in [0.717, 1.165) is 6.42 Å². The number of hydrogen-bond acceptors (Lipinski definition) is 9. The molecule has 3 N–H and O–H groups in total. The van der Waals surface area contributed by atoms with Crippen LogP contribution >= 0.6 is 0 Å². The third-order valence-electron chi connectivity index (χ3n) is 7.97. The Bertz CT molecular complexity index is 1620. The maximum Gasteiger partial charge on any atom is 0.407 e. The average Bonchev–Trinajstić information content (AvgIpc) is 3.47. The number of likely N-dealkylation sites (N-methyl/N-ethyl adjacent to an activating group) is 1. The van der Waals surface area contributed by atoms with E-state index in [4.69, 9.17) is 10.00 Å². The number of carbonyl (C=O) groups excluding carboxylic acids is 4. The van der Waals surface area contributed by atoms with E-state index in [0.29, 0.717) is 67.1 Å². The molecule has 1 aromatic carbocycles. The Hall–Kier alpha value is -5.19. The van der Waals surface area contributed by atoms with Crippen LogP contribution in [-0.2, 0) is 9.53 Å². The molecular formula is C33H43N9O5. The van der Waals surface area contributed by atoms with Gasteiger partial charge in [-0.05, 0) is 76.3 Å². The smallest absolute Gasteiger partial charge is 0.407 e. The second kappa shape index (κ2) is 15.4. The number of nitrogens with one attached hydrogen (secondary N) is 3. The average molecular weight is 646 g/mol. The normalized spacial score (nSPS) is 16.2. The fraction of sp³-hybridized carbons (Fsp3) is 0.485.